The van der Waals surface area contributed by atoms with Gasteiger partial charge in [0.05, 0.1) is 10.9 Å². The molecule has 0 aliphatic rings. The van der Waals surface area contributed by atoms with Gasteiger partial charge in [-0.3, -0.25) is 4.79 Å². The van der Waals surface area contributed by atoms with Gasteiger partial charge >= 0.3 is 0 Å². The van der Waals surface area contributed by atoms with E-state index in [0.717, 1.165) is 0 Å². The van der Waals surface area contributed by atoms with Gasteiger partial charge in [-0.05, 0) is 18.2 Å². The molecule has 1 heterocycles. The van der Waals surface area contributed by atoms with Gasteiger partial charge in [0.1, 0.15) is 6.33 Å². The van der Waals surface area contributed by atoms with Crippen LogP contribution in [0.4, 0.5) is 5.69 Å². The zero-order chi connectivity index (χ0) is 11.0. The molecular weight excluding hydrogens is 192 g/mol. The van der Waals surface area contributed by atoms with E-state index in [1.165, 1.54) is 11.0 Å². The van der Waals surface area contributed by atoms with E-state index in [4.69, 9.17) is 5.73 Å². The van der Waals surface area contributed by atoms with Crippen LogP contribution in [-0.4, -0.2) is 23.8 Å². The van der Waals surface area contributed by atoms with Crippen molar-refractivity contribution >= 4 is 16.6 Å². The average Bonchev–Trinajstić information content (AvgIpc) is 2.19. The van der Waals surface area contributed by atoms with E-state index in [2.05, 4.69) is 4.98 Å². The molecule has 0 fully saturated rings. The lowest BCUT2D eigenvalue weighted by atomic mass is 10.2. The first-order valence-corrected chi connectivity index (χ1v) is 4.54. The number of fused-ring (bicyclic) bond motifs is 1. The van der Waals surface area contributed by atoms with Gasteiger partial charge in [0.15, 0.2) is 0 Å². The number of benzene rings is 1. The number of nitrogen functional groups attached to an aromatic ring is 1. The Balaban J connectivity index is 2.83. The molecule has 0 amide bonds. The Labute approximate surface area is 86.7 Å². The van der Waals surface area contributed by atoms with Crippen LogP contribution in [0.1, 0.15) is 0 Å². The molecule has 1 aromatic carbocycles. The standard InChI is InChI=1S/C10H12N4O/c1-13(2)14-6-12-9-4-3-7(11)5-8(9)10(14)15/h3-6H,11H2,1-2H3. The van der Waals surface area contributed by atoms with Gasteiger partial charge in [0.25, 0.3) is 5.56 Å². The van der Waals surface area contributed by atoms with Crippen molar-refractivity contribution in [2.75, 3.05) is 24.8 Å². The van der Waals surface area contributed by atoms with E-state index in [1.54, 1.807) is 37.3 Å². The maximum absolute atomic E-state index is 11.9. The Morgan fingerprint density at radius 3 is 2.80 bits per heavy atom. The highest BCUT2D eigenvalue weighted by atomic mass is 16.1. The molecule has 0 aliphatic carbocycles. The number of hydrogen-bond donors (Lipinski definition) is 1. The number of hydrogen-bond acceptors (Lipinski definition) is 4. The lowest BCUT2D eigenvalue weighted by Gasteiger charge is -2.15. The second-order valence-corrected chi connectivity index (χ2v) is 3.52. The molecule has 0 spiro atoms. The summed E-state index contributed by atoms with van der Waals surface area (Å²) >= 11 is 0. The Hall–Kier alpha value is -2.04. The largest absolute Gasteiger partial charge is 0.399 e. The third-order valence-electron chi connectivity index (χ3n) is 2.20. The maximum Gasteiger partial charge on any atom is 0.279 e. The van der Waals surface area contributed by atoms with Crippen LogP contribution < -0.4 is 16.3 Å². The Morgan fingerprint density at radius 2 is 2.13 bits per heavy atom. The first-order valence-electron chi connectivity index (χ1n) is 4.54. The van der Waals surface area contributed by atoms with Crippen molar-refractivity contribution in [3.05, 3.63) is 34.9 Å². The fourth-order valence-electron chi connectivity index (χ4n) is 1.42. The molecule has 0 radical (unpaired) electrons. The third kappa shape index (κ3) is 1.52. The molecular formula is C10H12N4O. The molecule has 2 rings (SSSR count). The van der Waals surface area contributed by atoms with E-state index in [1.807, 2.05) is 0 Å². The number of aromatic nitrogens is 2. The summed E-state index contributed by atoms with van der Waals surface area (Å²) in [5.74, 6) is 0. The van der Waals surface area contributed by atoms with E-state index in [9.17, 15) is 4.79 Å². The first kappa shape index (κ1) is 9.51. The van der Waals surface area contributed by atoms with E-state index in [-0.39, 0.29) is 5.56 Å². The fourth-order valence-corrected chi connectivity index (χ4v) is 1.42. The summed E-state index contributed by atoms with van der Waals surface area (Å²) in [5.41, 5.74) is 6.74. The highest BCUT2D eigenvalue weighted by Crippen LogP contribution is 2.10. The van der Waals surface area contributed by atoms with Crippen molar-refractivity contribution in [3.8, 4) is 0 Å². The molecule has 0 aliphatic heterocycles. The highest BCUT2D eigenvalue weighted by Gasteiger charge is 2.04. The SMILES string of the molecule is CN(C)n1cnc2ccc(N)cc2c1=O. The highest BCUT2D eigenvalue weighted by molar-refractivity contribution is 5.80. The van der Waals surface area contributed by atoms with Crippen LogP contribution in [0, 0.1) is 0 Å². The summed E-state index contributed by atoms with van der Waals surface area (Å²) in [6.07, 6.45) is 1.50. The van der Waals surface area contributed by atoms with Crippen molar-refractivity contribution in [1.29, 1.82) is 0 Å². The van der Waals surface area contributed by atoms with Gasteiger partial charge in [0, 0.05) is 19.8 Å². The lowest BCUT2D eigenvalue weighted by molar-refractivity contribution is 0.691. The number of nitrogens with zero attached hydrogens (tertiary/aromatic N) is 3. The fraction of sp³-hybridized carbons (Fsp3) is 0.200. The summed E-state index contributed by atoms with van der Waals surface area (Å²) < 4.78 is 1.43. The second kappa shape index (κ2) is 3.27. The maximum atomic E-state index is 11.9. The van der Waals surface area contributed by atoms with Crippen LogP contribution >= 0.6 is 0 Å². The molecule has 5 heteroatoms. The van der Waals surface area contributed by atoms with Gasteiger partial charge in [-0.25, -0.2) is 9.66 Å². The summed E-state index contributed by atoms with van der Waals surface area (Å²) in [6.45, 7) is 0. The average molecular weight is 204 g/mol. The second-order valence-electron chi connectivity index (χ2n) is 3.52. The van der Waals surface area contributed by atoms with Gasteiger partial charge < -0.3 is 10.7 Å². The molecule has 0 saturated heterocycles. The number of rotatable bonds is 1. The molecule has 2 aromatic rings. The van der Waals surface area contributed by atoms with E-state index in [0.29, 0.717) is 16.6 Å². The summed E-state index contributed by atoms with van der Waals surface area (Å²) in [5, 5.41) is 2.20. The zero-order valence-electron chi connectivity index (χ0n) is 8.64. The predicted octanol–water partition coefficient (Wildman–Crippen LogP) is 0.176. The number of anilines is 1. The van der Waals surface area contributed by atoms with E-state index < -0.39 is 0 Å². The summed E-state index contributed by atoms with van der Waals surface area (Å²) in [7, 11) is 3.56. The topological polar surface area (TPSA) is 64.2 Å². The van der Waals surface area contributed by atoms with Crippen LogP contribution in [-0.2, 0) is 0 Å². The minimum absolute atomic E-state index is 0.114. The molecule has 0 bridgehead atoms. The van der Waals surface area contributed by atoms with Crippen LogP contribution in [0.5, 0.6) is 0 Å². The van der Waals surface area contributed by atoms with Crippen molar-refractivity contribution in [2.45, 2.75) is 0 Å². The Bertz CT molecular complexity index is 559. The monoisotopic (exact) mass is 204 g/mol. The summed E-state index contributed by atoms with van der Waals surface area (Å²) in [4.78, 5) is 16.1. The molecule has 5 nitrogen and oxygen atoms in total. The third-order valence-corrected chi connectivity index (χ3v) is 2.20. The van der Waals surface area contributed by atoms with Crippen molar-refractivity contribution < 1.29 is 0 Å². The lowest BCUT2D eigenvalue weighted by Crippen LogP contribution is -2.35. The van der Waals surface area contributed by atoms with Crippen molar-refractivity contribution in [3.63, 3.8) is 0 Å². The van der Waals surface area contributed by atoms with Gasteiger partial charge in [-0.2, -0.15) is 0 Å². The molecule has 15 heavy (non-hydrogen) atoms. The molecule has 0 saturated carbocycles. The minimum Gasteiger partial charge on any atom is -0.399 e. The van der Waals surface area contributed by atoms with Crippen LogP contribution in [0.25, 0.3) is 10.9 Å². The van der Waals surface area contributed by atoms with Crippen molar-refractivity contribution in [2.24, 2.45) is 0 Å². The molecule has 0 unspecified atom stereocenters. The molecule has 0 atom stereocenters. The normalized spacial score (nSPS) is 10.5. The number of nitrogens with two attached hydrogens (primary N) is 1. The molecule has 1 aromatic heterocycles. The van der Waals surface area contributed by atoms with Gasteiger partial charge in [-0.15, -0.1) is 0 Å². The van der Waals surface area contributed by atoms with Crippen LogP contribution in [0.15, 0.2) is 29.3 Å². The Kier molecular flexibility index (Phi) is 2.07. The van der Waals surface area contributed by atoms with Crippen molar-refractivity contribution in [1.82, 2.24) is 9.66 Å². The molecule has 78 valence electrons. The van der Waals surface area contributed by atoms with Gasteiger partial charge in [0.2, 0.25) is 0 Å². The first-order chi connectivity index (χ1) is 7.09. The van der Waals surface area contributed by atoms with E-state index >= 15 is 0 Å². The zero-order valence-corrected chi connectivity index (χ0v) is 8.64. The van der Waals surface area contributed by atoms with Gasteiger partial charge in [-0.1, -0.05) is 0 Å². The quantitative estimate of drug-likeness (QED) is 0.673. The predicted molar refractivity (Wildman–Crippen MR) is 60.5 cm³/mol. The van der Waals surface area contributed by atoms with Crippen LogP contribution in [0.2, 0.25) is 0 Å². The summed E-state index contributed by atoms with van der Waals surface area (Å²) in [6, 6.07) is 5.12. The van der Waals surface area contributed by atoms with Crippen LogP contribution in [0.3, 0.4) is 0 Å². The Morgan fingerprint density at radius 1 is 1.40 bits per heavy atom. The minimum atomic E-state index is -0.114. The smallest absolute Gasteiger partial charge is 0.279 e. The molecule has 2 N–H and O–H groups in total.